The Morgan fingerprint density at radius 2 is 1.83 bits per heavy atom. The van der Waals surface area contributed by atoms with E-state index >= 15 is 0 Å². The summed E-state index contributed by atoms with van der Waals surface area (Å²) < 4.78 is 5.83. The smallest absolute Gasteiger partial charge is 0.183 e. The van der Waals surface area contributed by atoms with Gasteiger partial charge in [-0.3, -0.25) is 0 Å². The van der Waals surface area contributed by atoms with Crippen molar-refractivity contribution in [1.82, 2.24) is 4.98 Å². The first-order valence-corrected chi connectivity index (χ1v) is 8.59. The van der Waals surface area contributed by atoms with Crippen molar-refractivity contribution in [2.45, 2.75) is 32.2 Å². The predicted molar refractivity (Wildman–Crippen MR) is 98.7 cm³/mol. The molecule has 1 aliphatic rings. The van der Waals surface area contributed by atoms with Gasteiger partial charge in [0.15, 0.2) is 5.90 Å². The summed E-state index contributed by atoms with van der Waals surface area (Å²) in [6.45, 7) is 2.85. The highest BCUT2D eigenvalue weighted by Crippen LogP contribution is 2.24. The van der Waals surface area contributed by atoms with Crippen molar-refractivity contribution < 1.29 is 4.74 Å². The van der Waals surface area contributed by atoms with E-state index in [4.69, 9.17) is 9.73 Å². The van der Waals surface area contributed by atoms with E-state index in [1.165, 1.54) is 27.7 Å². The van der Waals surface area contributed by atoms with Crippen LogP contribution < -0.4 is 0 Å². The number of aromatic nitrogens is 1. The van der Waals surface area contributed by atoms with Gasteiger partial charge < -0.3 is 9.72 Å². The maximum atomic E-state index is 5.83. The maximum Gasteiger partial charge on any atom is 0.183 e. The van der Waals surface area contributed by atoms with Crippen molar-refractivity contribution in [3.63, 3.8) is 0 Å². The van der Waals surface area contributed by atoms with Crippen molar-refractivity contribution in [2.24, 2.45) is 4.99 Å². The predicted octanol–water partition coefficient (Wildman–Crippen LogP) is 4.45. The summed E-state index contributed by atoms with van der Waals surface area (Å²) in [6, 6.07) is 19.3. The molecule has 0 amide bonds. The summed E-state index contributed by atoms with van der Waals surface area (Å²) in [6.07, 6.45) is 2.79. The van der Waals surface area contributed by atoms with Gasteiger partial charge in [-0.15, -0.1) is 0 Å². The molecule has 1 aliphatic heterocycles. The van der Waals surface area contributed by atoms with Gasteiger partial charge in [0.25, 0.3) is 0 Å². The zero-order valence-corrected chi connectivity index (χ0v) is 14.0. The standard InChI is InChI=1S/C21H22N2O/c1-15-18(19-9-5-6-10-20(19)22-15)11-12-21-23-17(14-24-21)13-16-7-3-2-4-8-16/h2-10,17,22H,11-14H2,1H3/t17-/m0/s1. The number of nitrogens with one attached hydrogen (secondary N) is 1. The molecule has 0 radical (unpaired) electrons. The maximum absolute atomic E-state index is 5.83. The van der Waals surface area contributed by atoms with E-state index in [2.05, 4.69) is 60.4 Å². The fourth-order valence-corrected chi connectivity index (χ4v) is 3.49. The molecule has 24 heavy (non-hydrogen) atoms. The minimum Gasteiger partial charge on any atom is -0.479 e. The third-order valence-corrected chi connectivity index (χ3v) is 4.70. The second kappa shape index (κ2) is 6.52. The second-order valence-corrected chi connectivity index (χ2v) is 6.45. The van der Waals surface area contributed by atoms with E-state index in [0.717, 1.165) is 25.2 Å². The van der Waals surface area contributed by atoms with Gasteiger partial charge in [-0.25, -0.2) is 4.99 Å². The molecule has 1 N–H and O–H groups in total. The average Bonchev–Trinajstić information content (AvgIpc) is 3.17. The molecule has 1 aromatic heterocycles. The van der Waals surface area contributed by atoms with Gasteiger partial charge in [0, 0.05) is 23.0 Å². The topological polar surface area (TPSA) is 37.4 Å². The molecule has 3 aromatic rings. The van der Waals surface area contributed by atoms with Crippen LogP contribution >= 0.6 is 0 Å². The van der Waals surface area contributed by atoms with Gasteiger partial charge in [-0.05, 0) is 37.0 Å². The monoisotopic (exact) mass is 318 g/mol. The summed E-state index contributed by atoms with van der Waals surface area (Å²) in [5, 5.41) is 1.31. The van der Waals surface area contributed by atoms with E-state index in [-0.39, 0.29) is 6.04 Å². The molecule has 0 unspecified atom stereocenters. The van der Waals surface area contributed by atoms with Gasteiger partial charge in [-0.1, -0.05) is 48.5 Å². The molecule has 1 atom stereocenters. The summed E-state index contributed by atoms with van der Waals surface area (Å²) in [5.41, 5.74) is 5.16. The Morgan fingerprint density at radius 1 is 1.04 bits per heavy atom. The molecule has 2 heterocycles. The number of aromatic amines is 1. The molecule has 0 bridgehead atoms. The van der Waals surface area contributed by atoms with Crippen molar-refractivity contribution in [2.75, 3.05) is 6.61 Å². The average molecular weight is 318 g/mol. The number of nitrogens with zero attached hydrogens (tertiary/aromatic N) is 1. The lowest BCUT2D eigenvalue weighted by atomic mass is 10.1. The highest BCUT2D eigenvalue weighted by atomic mass is 16.5. The van der Waals surface area contributed by atoms with Gasteiger partial charge in [0.1, 0.15) is 6.61 Å². The number of aliphatic imine (C=N–C) groups is 1. The Morgan fingerprint density at radius 3 is 2.71 bits per heavy atom. The molecule has 4 rings (SSSR count). The molecule has 0 fully saturated rings. The van der Waals surface area contributed by atoms with Crippen LogP contribution in [0.1, 0.15) is 23.2 Å². The van der Waals surface area contributed by atoms with Crippen LogP contribution in [0.25, 0.3) is 10.9 Å². The molecule has 122 valence electrons. The fourth-order valence-electron chi connectivity index (χ4n) is 3.49. The lowest BCUT2D eigenvalue weighted by Gasteiger charge is -2.04. The van der Waals surface area contributed by atoms with Crippen molar-refractivity contribution >= 4 is 16.8 Å². The van der Waals surface area contributed by atoms with Gasteiger partial charge in [0.05, 0.1) is 6.04 Å². The molecule has 0 saturated carbocycles. The number of aryl methyl sites for hydroxylation is 2. The van der Waals surface area contributed by atoms with Crippen LogP contribution in [0.5, 0.6) is 0 Å². The lowest BCUT2D eigenvalue weighted by molar-refractivity contribution is 0.309. The minimum absolute atomic E-state index is 0.256. The van der Waals surface area contributed by atoms with Crippen LogP contribution in [0.3, 0.4) is 0 Å². The summed E-state index contributed by atoms with van der Waals surface area (Å²) in [7, 11) is 0. The first kappa shape index (κ1) is 15.0. The summed E-state index contributed by atoms with van der Waals surface area (Å²) in [4.78, 5) is 8.24. The Labute approximate surface area is 142 Å². The number of ether oxygens (including phenoxy) is 1. The molecule has 0 aliphatic carbocycles. The van der Waals surface area contributed by atoms with E-state index < -0.39 is 0 Å². The van der Waals surface area contributed by atoms with Crippen LogP contribution in [0.4, 0.5) is 0 Å². The fraction of sp³-hybridized carbons (Fsp3) is 0.286. The third kappa shape index (κ3) is 3.07. The highest BCUT2D eigenvalue weighted by Gasteiger charge is 2.19. The number of rotatable bonds is 5. The van der Waals surface area contributed by atoms with E-state index in [1.54, 1.807) is 0 Å². The Kier molecular flexibility index (Phi) is 4.08. The molecule has 0 saturated heterocycles. The van der Waals surface area contributed by atoms with Crippen molar-refractivity contribution in [3.05, 3.63) is 71.4 Å². The van der Waals surface area contributed by atoms with Crippen LogP contribution in [-0.2, 0) is 17.6 Å². The first-order chi connectivity index (χ1) is 11.8. The number of H-pyrrole nitrogens is 1. The number of hydrogen-bond donors (Lipinski definition) is 1. The first-order valence-electron chi connectivity index (χ1n) is 8.59. The Balaban J connectivity index is 1.42. The van der Waals surface area contributed by atoms with Crippen LogP contribution in [0, 0.1) is 6.92 Å². The molecule has 2 aromatic carbocycles. The van der Waals surface area contributed by atoms with Gasteiger partial charge >= 0.3 is 0 Å². The van der Waals surface area contributed by atoms with E-state index in [1.807, 2.05) is 6.07 Å². The van der Waals surface area contributed by atoms with Crippen molar-refractivity contribution in [1.29, 1.82) is 0 Å². The largest absolute Gasteiger partial charge is 0.479 e. The number of hydrogen-bond acceptors (Lipinski definition) is 2. The molecule has 0 spiro atoms. The van der Waals surface area contributed by atoms with Crippen molar-refractivity contribution in [3.8, 4) is 0 Å². The van der Waals surface area contributed by atoms with E-state index in [9.17, 15) is 0 Å². The van der Waals surface area contributed by atoms with Gasteiger partial charge in [0.2, 0.25) is 0 Å². The Hall–Kier alpha value is -2.55. The zero-order valence-electron chi connectivity index (χ0n) is 14.0. The molecule has 3 heteroatoms. The molecular formula is C21H22N2O. The zero-order chi connectivity index (χ0) is 16.4. The van der Waals surface area contributed by atoms with Gasteiger partial charge in [-0.2, -0.15) is 0 Å². The number of para-hydroxylation sites is 1. The number of fused-ring (bicyclic) bond motifs is 1. The number of benzene rings is 2. The van der Waals surface area contributed by atoms with E-state index in [0.29, 0.717) is 6.61 Å². The quantitative estimate of drug-likeness (QED) is 0.741. The molecule has 3 nitrogen and oxygen atoms in total. The SMILES string of the molecule is Cc1[nH]c2ccccc2c1CCC1=N[C@@H](Cc2ccccc2)CO1. The van der Waals surface area contributed by atoms with Crippen LogP contribution in [0.15, 0.2) is 59.6 Å². The van der Waals surface area contributed by atoms with Crippen LogP contribution in [0.2, 0.25) is 0 Å². The second-order valence-electron chi connectivity index (χ2n) is 6.45. The van der Waals surface area contributed by atoms with Crippen LogP contribution in [-0.4, -0.2) is 23.5 Å². The molecular weight excluding hydrogens is 296 g/mol. The summed E-state index contributed by atoms with van der Waals surface area (Å²) in [5.74, 6) is 0.903. The lowest BCUT2D eigenvalue weighted by Crippen LogP contribution is -2.09. The third-order valence-electron chi connectivity index (χ3n) is 4.70. The minimum atomic E-state index is 0.256. The Bertz CT molecular complexity index is 864. The normalized spacial score (nSPS) is 17.0. The highest BCUT2D eigenvalue weighted by molar-refractivity contribution is 5.85. The summed E-state index contributed by atoms with van der Waals surface area (Å²) >= 11 is 0.